The minimum Gasteiger partial charge on any atom is -0.456 e. The molecule has 1 spiro atoms. The zero-order valence-corrected chi connectivity index (χ0v) is 32.6. The first-order valence-corrected chi connectivity index (χ1v) is 21.2. The number of benzene rings is 10. The summed E-state index contributed by atoms with van der Waals surface area (Å²) >= 11 is 1.86. The molecule has 0 amide bonds. The predicted octanol–water partition coefficient (Wildman–Crippen LogP) is 15.8. The van der Waals surface area contributed by atoms with E-state index in [4.69, 9.17) is 4.74 Å². The lowest BCUT2D eigenvalue weighted by atomic mass is 9.70. The van der Waals surface area contributed by atoms with Crippen molar-refractivity contribution >= 4 is 53.1 Å². The Labute approximate surface area is 345 Å². The van der Waals surface area contributed by atoms with Gasteiger partial charge in [0.05, 0.1) is 5.41 Å². The van der Waals surface area contributed by atoms with Crippen LogP contribution in [0.3, 0.4) is 0 Å². The number of fused-ring (bicyclic) bond motifs is 17. The first-order valence-electron chi connectivity index (χ1n) is 20.4. The average Bonchev–Trinajstić information content (AvgIpc) is 3.93. The van der Waals surface area contributed by atoms with Crippen LogP contribution >= 0.6 is 11.3 Å². The van der Waals surface area contributed by atoms with Gasteiger partial charge in [-0.2, -0.15) is 0 Å². The average molecular weight is 765 g/mol. The van der Waals surface area contributed by atoms with Gasteiger partial charge in [0.15, 0.2) is 0 Å². The van der Waals surface area contributed by atoms with Crippen LogP contribution in [0.5, 0.6) is 11.5 Å². The molecule has 10 aromatic carbocycles. The first kappa shape index (κ1) is 31.8. The fourth-order valence-electron chi connectivity index (χ4n) is 11.1. The van der Waals surface area contributed by atoms with Crippen molar-refractivity contribution in [3.8, 4) is 67.1 Å². The van der Waals surface area contributed by atoms with Crippen molar-refractivity contribution in [1.82, 2.24) is 0 Å². The van der Waals surface area contributed by atoms with Crippen molar-refractivity contribution in [1.29, 1.82) is 0 Å². The third-order valence-electron chi connectivity index (χ3n) is 13.5. The summed E-state index contributed by atoms with van der Waals surface area (Å²) < 4.78 is 9.43. The lowest BCUT2D eigenvalue weighted by Gasteiger charge is -2.30. The Morgan fingerprint density at radius 3 is 1.86 bits per heavy atom. The van der Waals surface area contributed by atoms with Crippen molar-refractivity contribution in [2.24, 2.45) is 0 Å². The second-order valence-electron chi connectivity index (χ2n) is 16.2. The van der Waals surface area contributed by atoms with Crippen molar-refractivity contribution in [3.63, 3.8) is 0 Å². The summed E-state index contributed by atoms with van der Waals surface area (Å²) in [7, 11) is 0. The van der Waals surface area contributed by atoms with Gasteiger partial charge in [0.1, 0.15) is 11.5 Å². The lowest BCUT2D eigenvalue weighted by Crippen LogP contribution is -2.25. The van der Waals surface area contributed by atoms with Gasteiger partial charge in [-0.05, 0) is 125 Å². The van der Waals surface area contributed by atoms with Crippen LogP contribution < -0.4 is 4.74 Å². The smallest absolute Gasteiger partial charge is 0.135 e. The highest BCUT2D eigenvalue weighted by Crippen LogP contribution is 2.65. The summed E-state index contributed by atoms with van der Waals surface area (Å²) in [6, 6.07) is 72.4. The summed E-state index contributed by atoms with van der Waals surface area (Å²) in [5, 5.41) is 7.58. The van der Waals surface area contributed by atoms with E-state index in [1.165, 1.54) is 114 Å². The normalized spacial score (nSPS) is 15.3. The highest BCUT2D eigenvalue weighted by atomic mass is 32.1. The molecule has 0 radical (unpaired) electrons. The quantitative estimate of drug-likeness (QED) is 0.170. The molecule has 2 aliphatic carbocycles. The Kier molecular flexibility index (Phi) is 6.16. The molecule has 2 heteroatoms. The van der Waals surface area contributed by atoms with Crippen LogP contribution in [0, 0.1) is 0 Å². The predicted molar refractivity (Wildman–Crippen MR) is 247 cm³/mol. The molecule has 1 atom stereocenters. The molecule has 1 nitrogen and oxygen atoms in total. The van der Waals surface area contributed by atoms with Crippen LogP contribution in [0.25, 0.3) is 97.4 Å². The monoisotopic (exact) mass is 764 g/mol. The standard InChI is InChI=1S/C57H32OS/c1-2-12-37-33(11-1)23-27-49-54(37)42-14-3-6-19-46(42)57(49)47-20-7-4-15-43(47)55-38(16-10-21-48(55)57)35-24-28-50-44(31-35)41-18-9-17-40-36(26-29-51(58-50)56(40)41)34-25-30-53-45(32-34)39-13-5-8-22-52(39)59-53/h1-32H. The van der Waals surface area contributed by atoms with Crippen LogP contribution in [0.4, 0.5) is 0 Å². The molecule has 0 saturated carbocycles. The van der Waals surface area contributed by atoms with Crippen molar-refractivity contribution in [2.75, 3.05) is 0 Å². The van der Waals surface area contributed by atoms with Crippen molar-refractivity contribution < 1.29 is 4.74 Å². The largest absolute Gasteiger partial charge is 0.456 e. The Balaban J connectivity index is 0.970. The highest BCUT2D eigenvalue weighted by Gasteiger charge is 2.52. The third-order valence-corrected chi connectivity index (χ3v) is 14.6. The van der Waals surface area contributed by atoms with Crippen molar-refractivity contribution in [2.45, 2.75) is 5.41 Å². The summed E-state index contributed by atoms with van der Waals surface area (Å²) in [5.74, 6) is 1.80. The maximum absolute atomic E-state index is 6.79. The van der Waals surface area contributed by atoms with Gasteiger partial charge in [-0.25, -0.2) is 0 Å². The van der Waals surface area contributed by atoms with E-state index in [0.29, 0.717) is 0 Å². The van der Waals surface area contributed by atoms with E-state index in [9.17, 15) is 0 Å². The van der Waals surface area contributed by atoms with Gasteiger partial charge in [0.2, 0.25) is 0 Å². The molecule has 14 rings (SSSR count). The first-order chi connectivity index (χ1) is 29.3. The van der Waals surface area contributed by atoms with Gasteiger partial charge in [0.25, 0.3) is 0 Å². The van der Waals surface area contributed by atoms with Gasteiger partial charge >= 0.3 is 0 Å². The van der Waals surface area contributed by atoms with E-state index in [0.717, 1.165) is 17.1 Å². The van der Waals surface area contributed by atoms with Crippen molar-refractivity contribution in [3.05, 3.63) is 216 Å². The molecule has 3 aliphatic rings. The topological polar surface area (TPSA) is 9.23 Å². The number of ether oxygens (including phenoxy) is 1. The molecule has 11 aromatic rings. The molecule has 1 aliphatic heterocycles. The van der Waals surface area contributed by atoms with Crippen LogP contribution in [0.15, 0.2) is 194 Å². The molecule has 0 saturated heterocycles. The van der Waals surface area contributed by atoms with Gasteiger partial charge in [-0.3, -0.25) is 0 Å². The number of rotatable bonds is 2. The molecule has 0 N–H and O–H groups in total. The molecule has 272 valence electrons. The molecule has 2 heterocycles. The van der Waals surface area contributed by atoms with Gasteiger partial charge in [0, 0.05) is 31.1 Å². The summed E-state index contributed by atoms with van der Waals surface area (Å²) in [6.45, 7) is 0. The second kappa shape index (κ2) is 11.4. The minimum absolute atomic E-state index is 0.422. The summed E-state index contributed by atoms with van der Waals surface area (Å²) in [5.41, 5.74) is 17.5. The molecule has 1 unspecified atom stereocenters. The van der Waals surface area contributed by atoms with E-state index in [1.807, 2.05) is 11.3 Å². The lowest BCUT2D eigenvalue weighted by molar-refractivity contribution is 0.487. The third kappa shape index (κ3) is 4.04. The van der Waals surface area contributed by atoms with Crippen LogP contribution in [-0.2, 0) is 5.41 Å². The van der Waals surface area contributed by atoms with Crippen LogP contribution in [-0.4, -0.2) is 0 Å². The molecule has 0 fully saturated rings. The number of thiophene rings is 1. The maximum Gasteiger partial charge on any atom is 0.135 e. The molecular formula is C57H32OS. The van der Waals surface area contributed by atoms with E-state index < -0.39 is 5.41 Å². The Morgan fingerprint density at radius 2 is 0.966 bits per heavy atom. The fraction of sp³-hybridized carbons (Fsp3) is 0.0175. The highest BCUT2D eigenvalue weighted by molar-refractivity contribution is 7.25. The summed E-state index contributed by atoms with van der Waals surface area (Å²) in [4.78, 5) is 0. The van der Waals surface area contributed by atoms with E-state index in [1.54, 1.807) is 0 Å². The van der Waals surface area contributed by atoms with E-state index >= 15 is 0 Å². The zero-order valence-electron chi connectivity index (χ0n) is 31.8. The minimum atomic E-state index is -0.422. The number of hydrogen-bond donors (Lipinski definition) is 0. The molecular weight excluding hydrogens is 733 g/mol. The van der Waals surface area contributed by atoms with E-state index in [-0.39, 0.29) is 0 Å². The fourth-order valence-corrected chi connectivity index (χ4v) is 12.2. The van der Waals surface area contributed by atoms with E-state index in [2.05, 4.69) is 194 Å². The number of hydrogen-bond acceptors (Lipinski definition) is 2. The molecule has 59 heavy (non-hydrogen) atoms. The summed E-state index contributed by atoms with van der Waals surface area (Å²) in [6.07, 6.45) is 0. The second-order valence-corrected chi connectivity index (χ2v) is 17.3. The Morgan fingerprint density at radius 1 is 0.339 bits per heavy atom. The maximum atomic E-state index is 6.79. The van der Waals surface area contributed by atoms with Gasteiger partial charge in [-0.15, -0.1) is 11.3 Å². The Bertz CT molecular complexity index is 3660. The van der Waals surface area contributed by atoms with Crippen LogP contribution in [0.1, 0.15) is 22.3 Å². The van der Waals surface area contributed by atoms with Crippen LogP contribution in [0.2, 0.25) is 0 Å². The molecule has 1 aromatic heterocycles. The van der Waals surface area contributed by atoms with Gasteiger partial charge in [-0.1, -0.05) is 158 Å². The Hall–Kier alpha value is -7.26. The van der Waals surface area contributed by atoms with Gasteiger partial charge < -0.3 is 4.74 Å². The molecule has 0 bridgehead atoms. The SMILES string of the molecule is c1ccc2c(c1)-c1c(-c3ccc4c(c3)-c3cccc5c(-c6ccc7sc8ccccc8c7c6)ccc(c35)O4)cccc1C21c2ccccc2-c2c1ccc1ccccc21. The zero-order chi connectivity index (χ0) is 38.4.